The van der Waals surface area contributed by atoms with Gasteiger partial charge >= 0.3 is 0 Å². The number of hydrogen-bond acceptors (Lipinski definition) is 0. The highest BCUT2D eigenvalue weighted by atomic mass is 14.3. The van der Waals surface area contributed by atoms with Gasteiger partial charge in [0.15, 0.2) is 0 Å². The SMILES string of the molecule is CC=CC(C)CC(C)C(C)C(C)C(CC)CCC. The van der Waals surface area contributed by atoms with Gasteiger partial charge in [0.1, 0.15) is 0 Å². The molecule has 0 aromatic carbocycles. The van der Waals surface area contributed by atoms with E-state index in [1.807, 2.05) is 0 Å². The van der Waals surface area contributed by atoms with Crippen molar-refractivity contribution < 1.29 is 0 Å². The molecule has 0 aliphatic carbocycles. The average Bonchev–Trinajstić information content (AvgIpc) is 2.34. The first kappa shape index (κ1) is 17.7. The van der Waals surface area contributed by atoms with Crippen LogP contribution in [0.15, 0.2) is 12.2 Å². The minimum atomic E-state index is 0.728. The van der Waals surface area contributed by atoms with Crippen LogP contribution in [0.2, 0.25) is 0 Å². The van der Waals surface area contributed by atoms with Crippen LogP contribution in [0.1, 0.15) is 74.1 Å². The smallest absolute Gasteiger partial charge is 0.0259 e. The van der Waals surface area contributed by atoms with Gasteiger partial charge in [-0.05, 0) is 42.9 Å². The molecule has 0 amide bonds. The van der Waals surface area contributed by atoms with Crippen molar-refractivity contribution in [3.63, 3.8) is 0 Å². The number of hydrogen-bond donors (Lipinski definition) is 0. The number of rotatable bonds is 9. The first-order chi connectivity index (χ1) is 8.47. The molecule has 0 aliphatic heterocycles. The molecule has 0 rings (SSSR count). The summed E-state index contributed by atoms with van der Waals surface area (Å²) < 4.78 is 0. The fraction of sp³-hybridized carbons (Fsp3) is 0.889. The van der Waals surface area contributed by atoms with Gasteiger partial charge in [-0.15, -0.1) is 0 Å². The van der Waals surface area contributed by atoms with E-state index in [4.69, 9.17) is 0 Å². The monoisotopic (exact) mass is 252 g/mol. The zero-order chi connectivity index (χ0) is 14.1. The third-order valence-electron chi connectivity index (χ3n) is 4.92. The van der Waals surface area contributed by atoms with E-state index < -0.39 is 0 Å². The van der Waals surface area contributed by atoms with Crippen molar-refractivity contribution >= 4 is 0 Å². The van der Waals surface area contributed by atoms with Gasteiger partial charge in [-0.25, -0.2) is 0 Å². The lowest BCUT2D eigenvalue weighted by Crippen LogP contribution is -2.24. The van der Waals surface area contributed by atoms with E-state index in [1.54, 1.807) is 0 Å². The summed E-state index contributed by atoms with van der Waals surface area (Å²) in [7, 11) is 0. The molecule has 0 saturated heterocycles. The van der Waals surface area contributed by atoms with Crippen molar-refractivity contribution in [1.82, 2.24) is 0 Å². The molecule has 0 bridgehead atoms. The van der Waals surface area contributed by atoms with E-state index in [0.29, 0.717) is 0 Å². The summed E-state index contributed by atoms with van der Waals surface area (Å²) in [6, 6.07) is 0. The van der Waals surface area contributed by atoms with Gasteiger partial charge in [0.2, 0.25) is 0 Å². The van der Waals surface area contributed by atoms with Crippen molar-refractivity contribution in [2.24, 2.45) is 29.6 Å². The summed E-state index contributed by atoms with van der Waals surface area (Å²) in [4.78, 5) is 0. The predicted molar refractivity (Wildman–Crippen MR) is 84.8 cm³/mol. The molecule has 0 spiro atoms. The third-order valence-corrected chi connectivity index (χ3v) is 4.92. The molecule has 5 atom stereocenters. The van der Waals surface area contributed by atoms with Gasteiger partial charge in [0.05, 0.1) is 0 Å². The first-order valence-electron chi connectivity index (χ1n) is 8.10. The minimum absolute atomic E-state index is 0.728. The summed E-state index contributed by atoms with van der Waals surface area (Å²) in [5.41, 5.74) is 0. The molecule has 0 N–H and O–H groups in total. The Hall–Kier alpha value is -0.260. The average molecular weight is 252 g/mol. The zero-order valence-electron chi connectivity index (χ0n) is 13.9. The normalized spacial score (nSPS) is 20.6. The molecule has 5 unspecified atom stereocenters. The molecule has 0 fully saturated rings. The molecular weight excluding hydrogens is 216 g/mol. The van der Waals surface area contributed by atoms with E-state index in [2.05, 4.69) is 60.6 Å². The Balaban J connectivity index is 4.37. The Morgan fingerprint density at radius 1 is 0.944 bits per heavy atom. The minimum Gasteiger partial charge on any atom is -0.0914 e. The van der Waals surface area contributed by atoms with Gasteiger partial charge in [0, 0.05) is 0 Å². The lowest BCUT2D eigenvalue weighted by molar-refractivity contribution is 0.175. The second-order valence-corrected chi connectivity index (χ2v) is 6.39. The predicted octanol–water partition coefficient (Wildman–Crippen LogP) is 6.32. The Morgan fingerprint density at radius 3 is 2.00 bits per heavy atom. The van der Waals surface area contributed by atoms with Gasteiger partial charge < -0.3 is 0 Å². The van der Waals surface area contributed by atoms with Gasteiger partial charge in [-0.2, -0.15) is 0 Å². The molecule has 0 aliphatic rings. The summed E-state index contributed by atoms with van der Waals surface area (Å²) in [6.45, 7) is 16.5. The zero-order valence-corrected chi connectivity index (χ0v) is 13.9. The van der Waals surface area contributed by atoms with Crippen molar-refractivity contribution in [3.8, 4) is 0 Å². The van der Waals surface area contributed by atoms with E-state index >= 15 is 0 Å². The molecular formula is C18H36. The van der Waals surface area contributed by atoms with E-state index in [-0.39, 0.29) is 0 Å². The molecule has 108 valence electrons. The largest absolute Gasteiger partial charge is 0.0914 e. The fourth-order valence-electron chi connectivity index (χ4n) is 3.37. The van der Waals surface area contributed by atoms with Crippen LogP contribution in [0.5, 0.6) is 0 Å². The van der Waals surface area contributed by atoms with Crippen LogP contribution >= 0.6 is 0 Å². The molecule has 0 aromatic heterocycles. The van der Waals surface area contributed by atoms with E-state index in [1.165, 1.54) is 25.7 Å². The third kappa shape index (κ3) is 6.07. The van der Waals surface area contributed by atoms with Crippen LogP contribution in [0.25, 0.3) is 0 Å². The van der Waals surface area contributed by atoms with Gasteiger partial charge in [0.25, 0.3) is 0 Å². The second kappa shape index (κ2) is 9.64. The van der Waals surface area contributed by atoms with Crippen LogP contribution in [0.4, 0.5) is 0 Å². The van der Waals surface area contributed by atoms with Crippen LogP contribution in [-0.2, 0) is 0 Å². The van der Waals surface area contributed by atoms with Crippen LogP contribution in [0, 0.1) is 29.6 Å². The maximum Gasteiger partial charge on any atom is -0.0259 e. The molecule has 0 radical (unpaired) electrons. The topological polar surface area (TPSA) is 0 Å². The van der Waals surface area contributed by atoms with Crippen molar-refractivity contribution in [1.29, 1.82) is 0 Å². The van der Waals surface area contributed by atoms with E-state index in [0.717, 1.165) is 29.6 Å². The molecule has 18 heavy (non-hydrogen) atoms. The van der Waals surface area contributed by atoms with E-state index in [9.17, 15) is 0 Å². The maximum atomic E-state index is 2.48. The molecule has 0 heterocycles. The molecule has 0 nitrogen and oxygen atoms in total. The summed E-state index contributed by atoms with van der Waals surface area (Å²) in [5, 5.41) is 0. The lowest BCUT2D eigenvalue weighted by atomic mass is 9.73. The first-order valence-corrected chi connectivity index (χ1v) is 8.10. The Bertz CT molecular complexity index is 216. The van der Waals surface area contributed by atoms with Crippen molar-refractivity contribution in [3.05, 3.63) is 12.2 Å². The molecule has 0 saturated carbocycles. The summed E-state index contributed by atoms with van der Waals surface area (Å²) >= 11 is 0. The van der Waals surface area contributed by atoms with Crippen molar-refractivity contribution in [2.75, 3.05) is 0 Å². The highest BCUT2D eigenvalue weighted by molar-refractivity contribution is 4.85. The lowest BCUT2D eigenvalue weighted by Gasteiger charge is -2.33. The highest BCUT2D eigenvalue weighted by Gasteiger charge is 2.25. The standard InChI is InChI=1S/C18H36/c1-8-11-14(4)13-15(5)16(6)17(7)18(10-3)12-9-2/h8,11,14-18H,9-10,12-13H2,1-7H3. The highest BCUT2D eigenvalue weighted by Crippen LogP contribution is 2.34. The maximum absolute atomic E-state index is 2.48. The Kier molecular flexibility index (Phi) is 9.50. The second-order valence-electron chi connectivity index (χ2n) is 6.39. The van der Waals surface area contributed by atoms with Crippen LogP contribution in [-0.4, -0.2) is 0 Å². The molecule has 0 heteroatoms. The quantitative estimate of drug-likeness (QED) is 0.421. The van der Waals surface area contributed by atoms with Gasteiger partial charge in [-0.1, -0.05) is 73.0 Å². The molecule has 0 aromatic rings. The fourth-order valence-corrected chi connectivity index (χ4v) is 3.37. The summed E-state index contributed by atoms with van der Waals surface area (Å²) in [6.07, 6.45) is 9.95. The Morgan fingerprint density at radius 2 is 1.56 bits per heavy atom. The van der Waals surface area contributed by atoms with Crippen LogP contribution < -0.4 is 0 Å². The van der Waals surface area contributed by atoms with Crippen molar-refractivity contribution in [2.45, 2.75) is 74.1 Å². The van der Waals surface area contributed by atoms with Gasteiger partial charge in [-0.3, -0.25) is 0 Å². The Labute approximate surface area is 116 Å². The number of allylic oxidation sites excluding steroid dienone is 2. The summed E-state index contributed by atoms with van der Waals surface area (Å²) in [5.74, 6) is 4.18. The van der Waals surface area contributed by atoms with Crippen LogP contribution in [0.3, 0.4) is 0 Å².